The molecule has 1 aliphatic rings. The van der Waals surface area contributed by atoms with Crippen LogP contribution in [0.3, 0.4) is 0 Å². The molecule has 6 nitrogen and oxygen atoms in total. The molecule has 1 aliphatic heterocycles. The molecule has 0 bridgehead atoms. The Bertz CT molecular complexity index is 663. The summed E-state index contributed by atoms with van der Waals surface area (Å²) in [7, 11) is -2.56. The molecule has 3 heterocycles. The highest BCUT2D eigenvalue weighted by Gasteiger charge is 2.51. The molecule has 0 radical (unpaired) electrons. The summed E-state index contributed by atoms with van der Waals surface area (Å²) < 4.78 is 14.0. The normalized spacial score (nSPS) is 16.2. The lowest BCUT2D eigenvalue weighted by molar-refractivity contribution is 0.116. The first-order valence-electron chi connectivity index (χ1n) is 6.43. The molecule has 1 fully saturated rings. The first-order chi connectivity index (χ1) is 9.69. The third-order valence-corrected chi connectivity index (χ3v) is 6.51. The Kier molecular flexibility index (Phi) is 3.19. The predicted molar refractivity (Wildman–Crippen MR) is 74.5 cm³/mol. The molecule has 2 aromatic rings. The number of hydrogen-bond donors (Lipinski definition) is 0. The van der Waals surface area contributed by atoms with Crippen LogP contribution < -0.4 is 20.2 Å². The summed E-state index contributed by atoms with van der Waals surface area (Å²) in [5, 5.41) is 0. The third-order valence-electron chi connectivity index (χ3n) is 3.22. The summed E-state index contributed by atoms with van der Waals surface area (Å²) >= 11 is 0. The molecule has 0 spiro atoms. The van der Waals surface area contributed by atoms with Crippen molar-refractivity contribution in [3.8, 4) is 0 Å². The van der Waals surface area contributed by atoms with Crippen molar-refractivity contribution in [2.75, 3.05) is 0 Å². The van der Waals surface area contributed by atoms with Gasteiger partial charge in [0.25, 0.3) is 11.1 Å². The minimum Gasteiger partial charge on any atom is -0.420 e. The van der Waals surface area contributed by atoms with E-state index in [4.69, 9.17) is 9.05 Å². The maximum atomic E-state index is 11.7. The van der Waals surface area contributed by atoms with E-state index in [9.17, 15) is 9.59 Å². The molecule has 0 atom stereocenters. The van der Waals surface area contributed by atoms with Gasteiger partial charge in [-0.05, 0) is 18.6 Å². The molecule has 1 saturated heterocycles. The molecule has 0 N–H and O–H groups in total. The van der Waals surface area contributed by atoms with Crippen molar-refractivity contribution in [2.45, 2.75) is 18.5 Å². The topological polar surface area (TPSA) is 62.5 Å². The zero-order valence-corrected chi connectivity index (χ0v) is 11.8. The molecule has 0 aliphatic carbocycles. The molecule has 0 unspecified atom stereocenters. The first-order valence-corrected chi connectivity index (χ1v) is 8.66. The van der Waals surface area contributed by atoms with Crippen LogP contribution >= 0.6 is 0 Å². The van der Waals surface area contributed by atoms with Crippen LogP contribution in [0.2, 0.25) is 12.1 Å². The van der Waals surface area contributed by atoms with Crippen LogP contribution in [0.5, 0.6) is 0 Å². The fourth-order valence-corrected chi connectivity index (χ4v) is 4.35. The average molecular weight is 290 g/mol. The summed E-state index contributed by atoms with van der Waals surface area (Å²) in [6, 6.07) is 11.1. The van der Waals surface area contributed by atoms with Crippen LogP contribution in [-0.4, -0.2) is 18.0 Å². The summed E-state index contributed by atoms with van der Waals surface area (Å²) in [6.45, 7) is 0. The third kappa shape index (κ3) is 2.39. The van der Waals surface area contributed by atoms with Crippen LogP contribution in [0.15, 0.2) is 58.4 Å². The SMILES string of the molecule is O=c1ccccn1O[Si]1(On2ccccc2=O)CCC1. The van der Waals surface area contributed by atoms with E-state index in [-0.39, 0.29) is 11.1 Å². The Morgan fingerprint density at radius 2 is 1.35 bits per heavy atom. The highest BCUT2D eigenvalue weighted by Crippen LogP contribution is 2.29. The number of hydrogen-bond acceptors (Lipinski definition) is 4. The molecule has 0 saturated carbocycles. The van der Waals surface area contributed by atoms with Crippen molar-refractivity contribution in [2.24, 2.45) is 0 Å². The highest BCUT2D eigenvalue weighted by molar-refractivity contribution is 6.70. The smallest absolute Gasteiger partial charge is 0.420 e. The van der Waals surface area contributed by atoms with Gasteiger partial charge in [-0.15, -0.1) is 0 Å². The lowest BCUT2D eigenvalue weighted by Crippen LogP contribution is -2.62. The van der Waals surface area contributed by atoms with Crippen molar-refractivity contribution in [3.63, 3.8) is 0 Å². The van der Waals surface area contributed by atoms with Crippen molar-refractivity contribution < 1.29 is 9.05 Å². The second-order valence-corrected chi connectivity index (χ2v) is 7.86. The van der Waals surface area contributed by atoms with Gasteiger partial charge in [-0.3, -0.25) is 9.59 Å². The van der Waals surface area contributed by atoms with E-state index in [1.165, 1.54) is 21.6 Å². The van der Waals surface area contributed by atoms with Crippen LogP contribution in [0.4, 0.5) is 0 Å². The van der Waals surface area contributed by atoms with E-state index in [2.05, 4.69) is 0 Å². The summed E-state index contributed by atoms with van der Waals surface area (Å²) in [4.78, 5) is 23.4. The minimum atomic E-state index is -2.56. The van der Waals surface area contributed by atoms with Crippen molar-refractivity contribution in [1.82, 2.24) is 9.46 Å². The number of aromatic nitrogens is 2. The van der Waals surface area contributed by atoms with Crippen LogP contribution in [-0.2, 0) is 0 Å². The summed E-state index contributed by atoms with van der Waals surface area (Å²) in [5.74, 6) is 0. The van der Waals surface area contributed by atoms with Crippen LogP contribution in [0, 0.1) is 0 Å². The van der Waals surface area contributed by atoms with Gasteiger partial charge in [0.05, 0.1) is 0 Å². The second-order valence-electron chi connectivity index (χ2n) is 4.68. The van der Waals surface area contributed by atoms with Crippen LogP contribution in [0.25, 0.3) is 0 Å². The molecular formula is C13H14N2O4Si. The monoisotopic (exact) mass is 290 g/mol. The number of rotatable bonds is 4. The quantitative estimate of drug-likeness (QED) is 0.765. The number of pyridine rings is 2. The zero-order valence-electron chi connectivity index (χ0n) is 10.8. The number of nitrogens with zero attached hydrogens (tertiary/aromatic N) is 2. The van der Waals surface area contributed by atoms with Gasteiger partial charge in [-0.1, -0.05) is 12.1 Å². The minimum absolute atomic E-state index is 0.240. The largest absolute Gasteiger partial charge is 0.505 e. The van der Waals surface area contributed by atoms with Gasteiger partial charge in [0.1, 0.15) is 0 Å². The lowest BCUT2D eigenvalue weighted by Gasteiger charge is -2.36. The van der Waals surface area contributed by atoms with E-state index in [0.717, 1.165) is 18.5 Å². The van der Waals surface area contributed by atoms with Gasteiger partial charge in [-0.2, -0.15) is 9.46 Å². The Labute approximate surface area is 116 Å². The summed E-state index contributed by atoms with van der Waals surface area (Å²) in [6.07, 6.45) is 4.11. The maximum Gasteiger partial charge on any atom is 0.505 e. The van der Waals surface area contributed by atoms with Gasteiger partial charge in [0.2, 0.25) is 0 Å². The lowest BCUT2D eigenvalue weighted by atomic mass is 10.5. The van der Waals surface area contributed by atoms with E-state index < -0.39 is 8.56 Å². The van der Waals surface area contributed by atoms with Crippen LogP contribution in [0.1, 0.15) is 6.42 Å². The first kappa shape index (κ1) is 12.7. The Hall–Kier alpha value is -2.28. The van der Waals surface area contributed by atoms with E-state index in [1.54, 1.807) is 36.7 Å². The molecule has 7 heteroatoms. The molecule has 2 aromatic heterocycles. The summed E-state index contributed by atoms with van der Waals surface area (Å²) in [5.41, 5.74) is -0.481. The van der Waals surface area contributed by atoms with E-state index in [0.29, 0.717) is 0 Å². The Morgan fingerprint density at radius 1 is 0.850 bits per heavy atom. The Morgan fingerprint density at radius 3 is 1.70 bits per heavy atom. The van der Waals surface area contributed by atoms with Gasteiger partial charge in [0.15, 0.2) is 0 Å². The molecule has 0 aromatic carbocycles. The van der Waals surface area contributed by atoms with Crippen molar-refractivity contribution >= 4 is 8.56 Å². The Balaban J connectivity index is 1.86. The van der Waals surface area contributed by atoms with Gasteiger partial charge in [0, 0.05) is 36.6 Å². The zero-order chi connectivity index (χ0) is 14.0. The molecule has 20 heavy (non-hydrogen) atoms. The highest BCUT2D eigenvalue weighted by atomic mass is 28.4. The second kappa shape index (κ2) is 5.01. The van der Waals surface area contributed by atoms with Crippen molar-refractivity contribution in [1.29, 1.82) is 0 Å². The molecule has 0 amide bonds. The predicted octanol–water partition coefficient (Wildman–Crippen LogP) is 0.413. The average Bonchev–Trinajstić information content (AvgIpc) is 2.41. The molecule has 3 rings (SSSR count). The van der Waals surface area contributed by atoms with E-state index in [1.807, 2.05) is 0 Å². The van der Waals surface area contributed by atoms with Crippen molar-refractivity contribution in [3.05, 3.63) is 69.5 Å². The standard InChI is InChI=1S/C13H14N2O4Si/c16-12-6-1-3-8-14(12)18-20(10-5-11-20)19-15-9-4-2-7-13(15)17/h1-4,6-9H,5,10-11H2. The fraction of sp³-hybridized carbons (Fsp3) is 0.231. The van der Waals surface area contributed by atoms with Gasteiger partial charge in [-0.25, -0.2) is 0 Å². The van der Waals surface area contributed by atoms with Gasteiger partial charge >= 0.3 is 8.56 Å². The fourth-order valence-electron chi connectivity index (χ4n) is 2.00. The molecular weight excluding hydrogens is 276 g/mol. The van der Waals surface area contributed by atoms with Gasteiger partial charge < -0.3 is 9.05 Å². The maximum absolute atomic E-state index is 11.7. The molecule has 104 valence electrons. The van der Waals surface area contributed by atoms with E-state index >= 15 is 0 Å².